The Morgan fingerprint density at radius 1 is 1.36 bits per heavy atom. The van der Waals surface area contributed by atoms with Crippen molar-refractivity contribution in [3.63, 3.8) is 0 Å². The minimum absolute atomic E-state index is 0.0447. The van der Waals surface area contributed by atoms with Gasteiger partial charge in [0.2, 0.25) is 0 Å². The van der Waals surface area contributed by atoms with Gasteiger partial charge in [-0.15, -0.1) is 0 Å². The van der Waals surface area contributed by atoms with Crippen LogP contribution < -0.4 is 4.72 Å². The molecule has 0 aliphatic heterocycles. The Hall–Kier alpha value is -1.97. The minimum Gasteiger partial charge on any atom is -0.336 e. The standard InChI is InChI=1S/C16H21N5O2S2/c1-12(2)16-19-15(10-20(16)3)25(22,23)18-9-14(13-5-8-24-11-13)21-7-4-6-17-21/h4-8,10-12,14,18H,9H2,1-3H3/t14-/m1/s1. The van der Waals surface area contributed by atoms with Crippen molar-refractivity contribution in [3.8, 4) is 0 Å². The average molecular weight is 380 g/mol. The van der Waals surface area contributed by atoms with Crippen LogP contribution in [0.5, 0.6) is 0 Å². The van der Waals surface area contributed by atoms with Gasteiger partial charge in [-0.05, 0) is 28.5 Å². The molecule has 0 amide bonds. The molecule has 0 saturated heterocycles. The van der Waals surface area contributed by atoms with Gasteiger partial charge in [-0.1, -0.05) is 13.8 Å². The predicted molar refractivity (Wildman–Crippen MR) is 97.2 cm³/mol. The van der Waals surface area contributed by atoms with E-state index < -0.39 is 10.0 Å². The third kappa shape index (κ3) is 3.83. The molecule has 3 heterocycles. The van der Waals surface area contributed by atoms with Crippen LogP contribution in [0.2, 0.25) is 0 Å². The van der Waals surface area contributed by atoms with Crippen molar-refractivity contribution in [2.75, 3.05) is 6.54 Å². The van der Waals surface area contributed by atoms with Crippen LogP contribution in [0.4, 0.5) is 0 Å². The first-order valence-corrected chi connectivity index (χ1v) is 10.3. The summed E-state index contributed by atoms with van der Waals surface area (Å²) in [5, 5.41) is 8.26. The van der Waals surface area contributed by atoms with Gasteiger partial charge in [0.05, 0.1) is 6.04 Å². The van der Waals surface area contributed by atoms with E-state index in [1.54, 1.807) is 40.0 Å². The SMILES string of the molecule is CC(C)c1nc(S(=O)(=O)NC[C@H](c2ccsc2)n2cccn2)cn1C. The maximum Gasteiger partial charge on any atom is 0.259 e. The van der Waals surface area contributed by atoms with E-state index in [4.69, 9.17) is 0 Å². The minimum atomic E-state index is -3.69. The number of aromatic nitrogens is 4. The highest BCUT2D eigenvalue weighted by Gasteiger charge is 2.23. The molecule has 25 heavy (non-hydrogen) atoms. The number of thiophene rings is 1. The molecule has 0 saturated carbocycles. The molecule has 0 radical (unpaired) electrons. The predicted octanol–water partition coefficient (Wildman–Crippen LogP) is 2.37. The molecule has 3 aromatic rings. The highest BCUT2D eigenvalue weighted by Crippen LogP contribution is 2.21. The fraction of sp³-hybridized carbons (Fsp3) is 0.375. The number of sulfonamides is 1. The van der Waals surface area contributed by atoms with Crippen LogP contribution in [0.3, 0.4) is 0 Å². The monoisotopic (exact) mass is 379 g/mol. The van der Waals surface area contributed by atoms with Crippen LogP contribution in [0.25, 0.3) is 0 Å². The van der Waals surface area contributed by atoms with Crippen molar-refractivity contribution in [2.24, 2.45) is 7.05 Å². The molecule has 134 valence electrons. The number of imidazole rings is 1. The Morgan fingerprint density at radius 2 is 2.16 bits per heavy atom. The number of hydrogen-bond donors (Lipinski definition) is 1. The lowest BCUT2D eigenvalue weighted by Gasteiger charge is -2.17. The largest absolute Gasteiger partial charge is 0.336 e. The summed E-state index contributed by atoms with van der Waals surface area (Å²) >= 11 is 1.57. The Kier molecular flexibility index (Phi) is 5.07. The highest BCUT2D eigenvalue weighted by atomic mass is 32.2. The molecule has 1 atom stereocenters. The Balaban J connectivity index is 1.82. The summed E-state index contributed by atoms with van der Waals surface area (Å²) in [5.74, 6) is 0.887. The van der Waals surface area contributed by atoms with Crippen LogP contribution in [0, 0.1) is 0 Å². The van der Waals surface area contributed by atoms with E-state index in [0.717, 1.165) is 11.4 Å². The molecule has 0 aliphatic rings. The van der Waals surface area contributed by atoms with E-state index in [2.05, 4.69) is 14.8 Å². The lowest BCUT2D eigenvalue weighted by molar-refractivity contribution is 0.505. The summed E-state index contributed by atoms with van der Waals surface area (Å²) in [6, 6.07) is 3.59. The van der Waals surface area contributed by atoms with Crippen LogP contribution in [-0.2, 0) is 17.1 Å². The van der Waals surface area contributed by atoms with Crippen molar-refractivity contribution < 1.29 is 8.42 Å². The van der Waals surface area contributed by atoms with Crippen LogP contribution in [0.15, 0.2) is 46.5 Å². The molecule has 0 aromatic carbocycles. The molecule has 0 fully saturated rings. The first kappa shape index (κ1) is 17.8. The first-order valence-electron chi connectivity index (χ1n) is 7.92. The van der Waals surface area contributed by atoms with E-state index in [1.165, 1.54) is 0 Å². The molecular formula is C16H21N5O2S2. The topological polar surface area (TPSA) is 81.8 Å². The zero-order chi connectivity index (χ0) is 18.0. The molecule has 1 N–H and O–H groups in total. The maximum atomic E-state index is 12.6. The fourth-order valence-corrected chi connectivity index (χ4v) is 4.42. The van der Waals surface area contributed by atoms with E-state index in [9.17, 15) is 8.42 Å². The number of nitrogens with one attached hydrogen (secondary N) is 1. The third-order valence-corrected chi connectivity index (χ3v) is 5.92. The molecule has 3 aromatic heterocycles. The summed E-state index contributed by atoms with van der Waals surface area (Å²) in [7, 11) is -1.89. The number of aryl methyl sites for hydroxylation is 1. The van der Waals surface area contributed by atoms with Gasteiger partial charge < -0.3 is 4.57 Å². The molecule has 3 rings (SSSR count). The van der Waals surface area contributed by atoms with Crippen molar-refractivity contribution >= 4 is 21.4 Å². The average Bonchev–Trinajstić information content (AvgIpc) is 3.28. The summed E-state index contributed by atoms with van der Waals surface area (Å²) in [6.07, 6.45) is 5.06. The smallest absolute Gasteiger partial charge is 0.259 e. The number of rotatable bonds is 7. The zero-order valence-electron chi connectivity index (χ0n) is 14.3. The van der Waals surface area contributed by atoms with Crippen LogP contribution in [-0.4, -0.2) is 34.3 Å². The first-order chi connectivity index (χ1) is 11.9. The van der Waals surface area contributed by atoms with Crippen molar-refractivity contribution in [3.05, 3.63) is 52.9 Å². The summed E-state index contributed by atoms with van der Waals surface area (Å²) < 4.78 is 31.5. The van der Waals surface area contributed by atoms with Gasteiger partial charge in [-0.25, -0.2) is 18.1 Å². The summed E-state index contributed by atoms with van der Waals surface area (Å²) in [6.45, 7) is 4.17. The molecular weight excluding hydrogens is 358 g/mol. The van der Waals surface area contributed by atoms with Gasteiger partial charge in [0.25, 0.3) is 10.0 Å². The van der Waals surface area contributed by atoms with Gasteiger partial charge in [-0.3, -0.25) is 4.68 Å². The van der Waals surface area contributed by atoms with Gasteiger partial charge >= 0.3 is 0 Å². The van der Waals surface area contributed by atoms with E-state index in [1.807, 2.05) is 42.9 Å². The Morgan fingerprint density at radius 3 is 2.72 bits per heavy atom. The molecule has 7 nitrogen and oxygen atoms in total. The van der Waals surface area contributed by atoms with Crippen molar-refractivity contribution in [2.45, 2.75) is 30.8 Å². The Labute approximate surface area is 151 Å². The quantitative estimate of drug-likeness (QED) is 0.683. The van der Waals surface area contributed by atoms with E-state index in [-0.39, 0.29) is 23.5 Å². The molecule has 9 heteroatoms. The molecule has 0 spiro atoms. The van der Waals surface area contributed by atoms with Gasteiger partial charge in [0, 0.05) is 38.1 Å². The summed E-state index contributed by atoms with van der Waals surface area (Å²) in [4.78, 5) is 4.28. The normalized spacial score (nSPS) is 13.4. The maximum absolute atomic E-state index is 12.6. The zero-order valence-corrected chi connectivity index (χ0v) is 16.0. The van der Waals surface area contributed by atoms with E-state index >= 15 is 0 Å². The van der Waals surface area contributed by atoms with Crippen molar-refractivity contribution in [1.82, 2.24) is 24.1 Å². The van der Waals surface area contributed by atoms with Crippen LogP contribution >= 0.6 is 11.3 Å². The molecule has 0 aliphatic carbocycles. The van der Waals surface area contributed by atoms with Gasteiger partial charge in [-0.2, -0.15) is 16.4 Å². The third-order valence-electron chi connectivity index (χ3n) is 3.92. The fourth-order valence-electron chi connectivity index (χ4n) is 2.67. The molecule has 0 unspecified atom stereocenters. The van der Waals surface area contributed by atoms with Crippen LogP contribution in [0.1, 0.15) is 37.2 Å². The Bertz CT molecular complexity index is 878. The van der Waals surface area contributed by atoms with Gasteiger partial charge in [0.15, 0.2) is 5.03 Å². The van der Waals surface area contributed by atoms with E-state index in [0.29, 0.717) is 0 Å². The lowest BCUT2D eigenvalue weighted by atomic mass is 10.1. The second-order valence-corrected chi connectivity index (χ2v) is 8.61. The summed E-state index contributed by atoms with van der Waals surface area (Å²) in [5.41, 5.74) is 1.01. The second-order valence-electron chi connectivity index (χ2n) is 6.11. The lowest BCUT2D eigenvalue weighted by Crippen LogP contribution is -2.31. The number of nitrogens with zero attached hydrogens (tertiary/aromatic N) is 4. The number of hydrogen-bond acceptors (Lipinski definition) is 5. The van der Waals surface area contributed by atoms with Crippen molar-refractivity contribution in [1.29, 1.82) is 0 Å². The second kappa shape index (κ2) is 7.11. The van der Waals surface area contributed by atoms with Gasteiger partial charge in [0.1, 0.15) is 5.82 Å². The molecule has 0 bridgehead atoms. The highest BCUT2D eigenvalue weighted by molar-refractivity contribution is 7.89.